The first-order valence-electron chi connectivity index (χ1n) is 27.2. The number of ether oxygens (including phenoxy) is 6. The lowest BCUT2D eigenvalue weighted by Crippen LogP contribution is -2.66. The van der Waals surface area contributed by atoms with Crippen molar-refractivity contribution >= 4 is 5.91 Å². The summed E-state index contributed by atoms with van der Waals surface area (Å²) < 4.78 is 34.1. The Labute approximate surface area is 428 Å². The van der Waals surface area contributed by atoms with Crippen LogP contribution in [0.25, 0.3) is 0 Å². The topological polar surface area (TPSA) is 307 Å². The number of aliphatic hydroxyl groups excluding tert-OH is 11. The quantitative estimate of drug-likeness (QED) is 0.0313. The highest BCUT2D eigenvalue weighted by atomic mass is 16.8. The number of hydrogen-bond acceptors (Lipinski definition) is 18. The van der Waals surface area contributed by atoms with Crippen LogP contribution in [0.2, 0.25) is 0 Å². The number of rotatable bonds is 38. The van der Waals surface area contributed by atoms with Gasteiger partial charge in [0.15, 0.2) is 18.9 Å². The van der Waals surface area contributed by atoms with Crippen molar-refractivity contribution in [2.75, 3.05) is 26.4 Å². The third kappa shape index (κ3) is 22.7. The zero-order valence-corrected chi connectivity index (χ0v) is 43.1. The average molecular weight is 1030 g/mol. The molecule has 3 rings (SSSR count). The zero-order chi connectivity index (χ0) is 52.7. The maximum Gasteiger partial charge on any atom is 0.220 e. The summed E-state index contributed by atoms with van der Waals surface area (Å²) in [6.45, 7) is 1.63. The van der Waals surface area contributed by atoms with Gasteiger partial charge in [-0.1, -0.05) is 134 Å². The number of hydrogen-bond donors (Lipinski definition) is 12. The number of carbonyl (C=O) groups excluding carboxylic acids is 1. The standard InChI is InChI=1S/C53H95NO18/c1-3-5-7-9-11-13-15-17-18-19-20-22-24-26-28-30-37(58)36(54-41(59)31-29-27-25-23-21-16-14-12-10-8-6-4-2)35-67-51-47(65)44(62)49(39(33-56)69-51)72-53-48(66)45(63)50(40(34-57)70-53)71-52-46(64)43(61)42(60)38(32-55)68-52/h12,14,20,22,28,30,36-40,42-53,55-58,60-66H,3-11,13,15-19,21,23-27,29,31-35H2,1-2H3,(H,54,59)/b14-12-,22-20+,30-28+. The molecule has 3 fully saturated rings. The van der Waals surface area contributed by atoms with Gasteiger partial charge in [0.25, 0.3) is 0 Å². The molecule has 3 aliphatic rings. The third-order valence-corrected chi connectivity index (χ3v) is 13.7. The lowest BCUT2D eigenvalue weighted by molar-refractivity contribution is -0.379. The fourth-order valence-corrected chi connectivity index (χ4v) is 9.08. The first-order chi connectivity index (χ1) is 34.8. The molecule has 17 atom stereocenters. The smallest absolute Gasteiger partial charge is 0.220 e. The van der Waals surface area contributed by atoms with Gasteiger partial charge < -0.3 is 89.9 Å². The predicted molar refractivity (Wildman–Crippen MR) is 268 cm³/mol. The Hall–Kier alpha value is -1.99. The van der Waals surface area contributed by atoms with Crippen LogP contribution >= 0.6 is 0 Å². The Balaban J connectivity index is 1.57. The average Bonchev–Trinajstić information content (AvgIpc) is 3.37. The molecular formula is C53H95NO18. The predicted octanol–water partition coefficient (Wildman–Crippen LogP) is 2.98. The second-order valence-corrected chi connectivity index (χ2v) is 19.7. The normalized spacial score (nSPS) is 32.3. The van der Waals surface area contributed by atoms with Gasteiger partial charge in [0.1, 0.15) is 73.2 Å². The molecule has 3 heterocycles. The lowest BCUT2D eigenvalue weighted by Gasteiger charge is -2.48. The molecule has 72 heavy (non-hydrogen) atoms. The monoisotopic (exact) mass is 1030 g/mol. The molecule has 3 aliphatic heterocycles. The molecule has 0 aromatic rings. The van der Waals surface area contributed by atoms with E-state index in [1.54, 1.807) is 6.08 Å². The second-order valence-electron chi connectivity index (χ2n) is 19.7. The van der Waals surface area contributed by atoms with Crippen LogP contribution in [-0.2, 0) is 33.2 Å². The van der Waals surface area contributed by atoms with Crippen LogP contribution in [0.3, 0.4) is 0 Å². The van der Waals surface area contributed by atoms with Crippen molar-refractivity contribution in [1.29, 1.82) is 0 Å². The van der Waals surface area contributed by atoms with E-state index in [2.05, 4.69) is 43.5 Å². The number of carbonyl (C=O) groups is 1. The van der Waals surface area contributed by atoms with Crippen molar-refractivity contribution in [2.24, 2.45) is 0 Å². The van der Waals surface area contributed by atoms with Crippen LogP contribution in [0.4, 0.5) is 0 Å². The SMILES string of the molecule is CCCCC/C=C\CCCCCCCC(=O)NC(COC1OC(CO)C(OC2OC(CO)C(OC3OC(CO)C(O)C(O)C3O)C(O)C2O)C(O)C1O)C(O)/C=C/CC/C=C/CCCCCCCCCCC. The molecule has 19 nitrogen and oxygen atoms in total. The van der Waals surface area contributed by atoms with Crippen LogP contribution in [0, 0.1) is 0 Å². The van der Waals surface area contributed by atoms with E-state index >= 15 is 0 Å². The summed E-state index contributed by atoms with van der Waals surface area (Å²) in [6, 6.07) is -0.990. The fraction of sp³-hybridized carbons (Fsp3) is 0.868. The highest BCUT2D eigenvalue weighted by Crippen LogP contribution is 2.33. The molecule has 420 valence electrons. The number of allylic oxidation sites excluding steroid dienone is 5. The van der Waals surface area contributed by atoms with E-state index in [1.165, 1.54) is 70.6 Å². The number of unbranched alkanes of at least 4 members (excludes halogenated alkanes) is 18. The second kappa shape index (κ2) is 37.7. The van der Waals surface area contributed by atoms with E-state index in [0.29, 0.717) is 12.8 Å². The molecule has 19 heteroatoms. The van der Waals surface area contributed by atoms with Crippen LogP contribution in [0.15, 0.2) is 36.5 Å². The third-order valence-electron chi connectivity index (χ3n) is 13.7. The molecule has 0 aromatic heterocycles. The van der Waals surface area contributed by atoms with Crippen molar-refractivity contribution in [2.45, 2.75) is 266 Å². The number of amides is 1. The maximum absolute atomic E-state index is 13.2. The van der Waals surface area contributed by atoms with Crippen molar-refractivity contribution < 1.29 is 89.4 Å². The summed E-state index contributed by atoms with van der Waals surface area (Å²) in [7, 11) is 0. The van der Waals surface area contributed by atoms with Gasteiger partial charge in [-0.15, -0.1) is 0 Å². The van der Waals surface area contributed by atoms with Crippen LogP contribution in [-0.4, -0.2) is 193 Å². The molecule has 0 spiro atoms. The Morgan fingerprint density at radius 3 is 1.42 bits per heavy atom. The summed E-state index contributed by atoms with van der Waals surface area (Å²) in [6.07, 6.45) is 10.0. The minimum absolute atomic E-state index is 0.225. The van der Waals surface area contributed by atoms with Crippen molar-refractivity contribution in [1.82, 2.24) is 5.32 Å². The largest absolute Gasteiger partial charge is 0.394 e. The Bertz CT molecular complexity index is 1470. The van der Waals surface area contributed by atoms with E-state index in [1.807, 2.05) is 6.08 Å². The van der Waals surface area contributed by atoms with Crippen molar-refractivity contribution in [3.8, 4) is 0 Å². The van der Waals surface area contributed by atoms with Gasteiger partial charge in [-0.05, 0) is 57.8 Å². The van der Waals surface area contributed by atoms with E-state index in [4.69, 9.17) is 28.4 Å². The summed E-state index contributed by atoms with van der Waals surface area (Å²) in [5, 5.41) is 120. The number of nitrogens with one attached hydrogen (secondary N) is 1. The van der Waals surface area contributed by atoms with Gasteiger partial charge in [-0.3, -0.25) is 4.79 Å². The molecule has 0 saturated carbocycles. The lowest BCUT2D eigenvalue weighted by atomic mass is 9.96. The van der Waals surface area contributed by atoms with E-state index in [9.17, 15) is 61.0 Å². The number of aliphatic hydroxyl groups is 11. The molecule has 3 saturated heterocycles. The molecule has 17 unspecified atom stereocenters. The molecule has 0 bridgehead atoms. The molecule has 0 radical (unpaired) electrons. The van der Waals surface area contributed by atoms with Gasteiger partial charge in [0, 0.05) is 6.42 Å². The minimum atomic E-state index is -1.98. The highest BCUT2D eigenvalue weighted by molar-refractivity contribution is 5.76. The van der Waals surface area contributed by atoms with Gasteiger partial charge in [0.2, 0.25) is 5.91 Å². The summed E-state index contributed by atoms with van der Waals surface area (Å²) >= 11 is 0. The Kier molecular flexibility index (Phi) is 33.7. The maximum atomic E-state index is 13.2. The van der Waals surface area contributed by atoms with E-state index in [0.717, 1.165) is 57.8 Å². The Morgan fingerprint density at radius 1 is 0.486 bits per heavy atom. The molecule has 0 aliphatic carbocycles. The van der Waals surface area contributed by atoms with E-state index < -0.39 is 124 Å². The van der Waals surface area contributed by atoms with Crippen LogP contribution in [0.5, 0.6) is 0 Å². The van der Waals surface area contributed by atoms with Crippen LogP contribution < -0.4 is 5.32 Å². The van der Waals surface area contributed by atoms with Crippen molar-refractivity contribution in [3.63, 3.8) is 0 Å². The van der Waals surface area contributed by atoms with Gasteiger partial charge in [-0.2, -0.15) is 0 Å². The van der Waals surface area contributed by atoms with Gasteiger partial charge in [-0.25, -0.2) is 0 Å². The fourth-order valence-electron chi connectivity index (χ4n) is 9.08. The molecule has 0 aromatic carbocycles. The zero-order valence-electron chi connectivity index (χ0n) is 43.1. The summed E-state index contributed by atoms with van der Waals surface area (Å²) in [5.74, 6) is -0.299. The molecule has 12 N–H and O–H groups in total. The Morgan fingerprint density at radius 2 is 0.889 bits per heavy atom. The highest BCUT2D eigenvalue weighted by Gasteiger charge is 2.53. The van der Waals surface area contributed by atoms with Gasteiger partial charge >= 0.3 is 0 Å². The first kappa shape index (κ1) is 64.3. The van der Waals surface area contributed by atoms with Crippen molar-refractivity contribution in [3.05, 3.63) is 36.5 Å². The minimum Gasteiger partial charge on any atom is -0.394 e. The van der Waals surface area contributed by atoms with Crippen LogP contribution in [0.1, 0.15) is 162 Å². The molecular weight excluding hydrogens is 939 g/mol. The summed E-state index contributed by atoms with van der Waals surface area (Å²) in [5.41, 5.74) is 0. The van der Waals surface area contributed by atoms with Gasteiger partial charge in [0.05, 0.1) is 38.6 Å². The molecule has 1 amide bonds. The first-order valence-corrected chi connectivity index (χ1v) is 27.2. The summed E-state index contributed by atoms with van der Waals surface area (Å²) in [4.78, 5) is 13.2. The van der Waals surface area contributed by atoms with E-state index in [-0.39, 0.29) is 18.9 Å².